The molecule has 1 saturated carbocycles. The Morgan fingerprint density at radius 1 is 1.21 bits per heavy atom. The fourth-order valence-electron chi connectivity index (χ4n) is 2.76. The highest BCUT2D eigenvalue weighted by Gasteiger charge is 2.17. The molecule has 1 amide bonds. The maximum atomic E-state index is 11.5. The Morgan fingerprint density at radius 2 is 2.05 bits per heavy atom. The Labute approximate surface area is 117 Å². The Hall–Kier alpha value is -0.610. The summed E-state index contributed by atoms with van der Waals surface area (Å²) < 4.78 is 4.90. The lowest BCUT2D eigenvalue weighted by atomic mass is 9.98. The van der Waals surface area contributed by atoms with Gasteiger partial charge in [0.1, 0.15) is 0 Å². The van der Waals surface area contributed by atoms with Gasteiger partial charge in [0.15, 0.2) is 0 Å². The van der Waals surface area contributed by atoms with Crippen LogP contribution >= 0.6 is 0 Å². The molecule has 19 heavy (non-hydrogen) atoms. The molecular weight excluding hydrogens is 240 g/mol. The van der Waals surface area contributed by atoms with E-state index in [9.17, 15) is 4.79 Å². The van der Waals surface area contributed by atoms with Crippen LogP contribution in [0.4, 0.5) is 0 Å². The topological polar surface area (TPSA) is 50.4 Å². The van der Waals surface area contributed by atoms with Crippen LogP contribution in [-0.4, -0.2) is 38.8 Å². The van der Waals surface area contributed by atoms with E-state index in [2.05, 4.69) is 17.6 Å². The summed E-state index contributed by atoms with van der Waals surface area (Å²) in [5.74, 6) is 1.04. The van der Waals surface area contributed by atoms with E-state index in [0.29, 0.717) is 25.6 Å². The lowest BCUT2D eigenvalue weighted by Gasteiger charge is -2.16. The van der Waals surface area contributed by atoms with Crippen LogP contribution in [-0.2, 0) is 9.53 Å². The number of carbonyl (C=O) groups is 1. The summed E-state index contributed by atoms with van der Waals surface area (Å²) in [5.41, 5.74) is 0. The molecule has 0 aliphatic heterocycles. The van der Waals surface area contributed by atoms with Gasteiger partial charge in [-0.05, 0) is 25.2 Å². The number of ether oxygens (including phenoxy) is 1. The van der Waals surface area contributed by atoms with Gasteiger partial charge < -0.3 is 15.4 Å². The van der Waals surface area contributed by atoms with E-state index in [1.54, 1.807) is 7.11 Å². The average Bonchev–Trinajstić information content (AvgIpc) is 2.64. The number of carbonyl (C=O) groups excluding carboxylic acids is 1. The molecule has 112 valence electrons. The Balaban J connectivity index is 2.06. The van der Waals surface area contributed by atoms with E-state index in [-0.39, 0.29) is 5.91 Å². The van der Waals surface area contributed by atoms with Gasteiger partial charge in [0, 0.05) is 32.7 Å². The molecule has 1 fully saturated rings. The minimum Gasteiger partial charge on any atom is -0.383 e. The van der Waals surface area contributed by atoms with Crippen molar-refractivity contribution in [1.82, 2.24) is 10.6 Å². The summed E-state index contributed by atoms with van der Waals surface area (Å²) in [6, 6.07) is 0.614. The van der Waals surface area contributed by atoms with Gasteiger partial charge in [0.25, 0.3) is 0 Å². The summed E-state index contributed by atoms with van der Waals surface area (Å²) in [5, 5.41) is 6.38. The molecule has 1 aliphatic carbocycles. The highest BCUT2D eigenvalue weighted by molar-refractivity contribution is 5.76. The van der Waals surface area contributed by atoms with E-state index < -0.39 is 0 Å². The van der Waals surface area contributed by atoms with Gasteiger partial charge in [-0.1, -0.05) is 26.2 Å². The van der Waals surface area contributed by atoms with E-state index in [4.69, 9.17) is 4.74 Å². The molecule has 0 radical (unpaired) electrons. The summed E-state index contributed by atoms with van der Waals surface area (Å²) in [7, 11) is 1.64. The molecule has 0 aromatic carbocycles. The molecule has 2 N–H and O–H groups in total. The molecule has 2 unspecified atom stereocenters. The van der Waals surface area contributed by atoms with Crippen molar-refractivity contribution in [2.45, 2.75) is 57.9 Å². The van der Waals surface area contributed by atoms with Crippen LogP contribution in [0.2, 0.25) is 0 Å². The second kappa shape index (κ2) is 10.2. The molecule has 1 rings (SSSR count). The Kier molecular flexibility index (Phi) is 8.84. The minimum atomic E-state index is 0.115. The maximum absolute atomic E-state index is 11.5. The molecular formula is C15H30N2O2. The van der Waals surface area contributed by atoms with Gasteiger partial charge >= 0.3 is 0 Å². The van der Waals surface area contributed by atoms with E-state index in [1.165, 1.54) is 38.5 Å². The predicted molar refractivity (Wildman–Crippen MR) is 78.2 cm³/mol. The normalized spacial score (nSPS) is 23.9. The van der Waals surface area contributed by atoms with Gasteiger partial charge in [0.2, 0.25) is 5.91 Å². The summed E-state index contributed by atoms with van der Waals surface area (Å²) in [6.07, 6.45) is 8.47. The Bertz CT molecular complexity index is 246. The van der Waals surface area contributed by atoms with Gasteiger partial charge in [-0.15, -0.1) is 0 Å². The molecule has 4 nitrogen and oxygen atoms in total. The number of methoxy groups -OCH3 is 1. The monoisotopic (exact) mass is 270 g/mol. The zero-order chi connectivity index (χ0) is 13.9. The van der Waals surface area contributed by atoms with Crippen LogP contribution in [0.1, 0.15) is 51.9 Å². The third kappa shape index (κ3) is 7.53. The molecule has 0 heterocycles. The number of nitrogens with one attached hydrogen (secondary N) is 2. The molecule has 0 bridgehead atoms. The number of hydrogen-bond donors (Lipinski definition) is 2. The first-order chi connectivity index (χ1) is 9.26. The molecule has 0 aromatic rings. The van der Waals surface area contributed by atoms with Gasteiger partial charge in [0.05, 0.1) is 6.61 Å². The van der Waals surface area contributed by atoms with Crippen LogP contribution in [0.25, 0.3) is 0 Å². The molecule has 2 atom stereocenters. The molecule has 0 saturated heterocycles. The average molecular weight is 270 g/mol. The number of rotatable bonds is 8. The maximum Gasteiger partial charge on any atom is 0.221 e. The van der Waals surface area contributed by atoms with Gasteiger partial charge in [-0.2, -0.15) is 0 Å². The van der Waals surface area contributed by atoms with Gasteiger partial charge in [-0.3, -0.25) is 4.79 Å². The van der Waals surface area contributed by atoms with E-state index >= 15 is 0 Å². The van der Waals surface area contributed by atoms with Crippen molar-refractivity contribution in [1.29, 1.82) is 0 Å². The van der Waals surface area contributed by atoms with Crippen molar-refractivity contribution in [3.8, 4) is 0 Å². The second-order valence-electron chi connectivity index (χ2n) is 5.53. The highest BCUT2D eigenvalue weighted by atomic mass is 16.5. The lowest BCUT2D eigenvalue weighted by molar-refractivity contribution is -0.121. The summed E-state index contributed by atoms with van der Waals surface area (Å²) in [6.45, 7) is 4.28. The third-order valence-corrected chi connectivity index (χ3v) is 4.08. The van der Waals surface area contributed by atoms with Crippen LogP contribution < -0.4 is 10.6 Å². The number of hydrogen-bond acceptors (Lipinski definition) is 3. The molecule has 4 heteroatoms. The zero-order valence-electron chi connectivity index (χ0n) is 12.5. The van der Waals surface area contributed by atoms with Crippen molar-refractivity contribution < 1.29 is 9.53 Å². The highest BCUT2D eigenvalue weighted by Crippen LogP contribution is 2.25. The fourth-order valence-corrected chi connectivity index (χ4v) is 2.76. The first-order valence-electron chi connectivity index (χ1n) is 7.75. The van der Waals surface area contributed by atoms with Crippen molar-refractivity contribution in [3.05, 3.63) is 0 Å². The Morgan fingerprint density at radius 3 is 2.79 bits per heavy atom. The second-order valence-corrected chi connectivity index (χ2v) is 5.53. The van der Waals surface area contributed by atoms with Crippen LogP contribution in [0, 0.1) is 5.92 Å². The van der Waals surface area contributed by atoms with Crippen molar-refractivity contribution in [2.75, 3.05) is 26.8 Å². The SMILES string of the molecule is CCC1CCCC(NCCC(=O)NCCOC)CC1. The third-order valence-electron chi connectivity index (χ3n) is 4.08. The lowest BCUT2D eigenvalue weighted by Crippen LogP contribution is -2.34. The summed E-state index contributed by atoms with van der Waals surface area (Å²) >= 11 is 0. The predicted octanol–water partition coefficient (Wildman–Crippen LogP) is 2.09. The van der Waals surface area contributed by atoms with Crippen molar-refractivity contribution >= 4 is 5.91 Å². The van der Waals surface area contributed by atoms with Crippen molar-refractivity contribution in [2.24, 2.45) is 5.92 Å². The van der Waals surface area contributed by atoms with Gasteiger partial charge in [-0.25, -0.2) is 0 Å². The first-order valence-corrected chi connectivity index (χ1v) is 7.75. The van der Waals surface area contributed by atoms with E-state index in [0.717, 1.165) is 12.5 Å². The largest absolute Gasteiger partial charge is 0.383 e. The quantitative estimate of drug-likeness (QED) is 0.524. The van der Waals surface area contributed by atoms with Crippen molar-refractivity contribution in [3.63, 3.8) is 0 Å². The van der Waals surface area contributed by atoms with Crippen LogP contribution in [0.3, 0.4) is 0 Å². The molecule has 0 aromatic heterocycles. The van der Waals surface area contributed by atoms with Crippen LogP contribution in [0.15, 0.2) is 0 Å². The standard InChI is InChI=1S/C15H30N2O2/c1-3-13-5-4-6-14(8-7-13)16-10-9-15(18)17-11-12-19-2/h13-14,16H,3-12H2,1-2H3,(H,17,18). The smallest absolute Gasteiger partial charge is 0.221 e. The van der Waals surface area contributed by atoms with E-state index in [1.807, 2.05) is 0 Å². The minimum absolute atomic E-state index is 0.115. The first kappa shape index (κ1) is 16.4. The molecule has 1 aliphatic rings. The number of amides is 1. The van der Waals surface area contributed by atoms with Crippen LogP contribution in [0.5, 0.6) is 0 Å². The zero-order valence-corrected chi connectivity index (χ0v) is 12.5. The molecule has 0 spiro atoms. The summed E-state index contributed by atoms with van der Waals surface area (Å²) in [4.78, 5) is 11.5. The fraction of sp³-hybridized carbons (Fsp3) is 0.933.